The van der Waals surface area contributed by atoms with Crippen molar-refractivity contribution in [3.8, 4) is 0 Å². The van der Waals surface area contributed by atoms with Gasteiger partial charge in [-0.05, 0) is 32.2 Å². The smallest absolute Gasteiger partial charge is 0.187 e. The molecule has 5 nitrogen and oxygen atoms in total. The maximum Gasteiger partial charge on any atom is 0.187 e. The van der Waals surface area contributed by atoms with E-state index < -0.39 is 0 Å². The van der Waals surface area contributed by atoms with Gasteiger partial charge in [0.1, 0.15) is 5.82 Å². The lowest BCUT2D eigenvalue weighted by molar-refractivity contribution is 0.201. The first-order valence-corrected chi connectivity index (χ1v) is 8.14. The molecule has 0 atom stereocenters. The second-order valence-corrected chi connectivity index (χ2v) is 5.88. The Morgan fingerprint density at radius 1 is 1.25 bits per heavy atom. The molecule has 0 amide bonds. The Hall–Kier alpha value is -1.40. The van der Waals surface area contributed by atoms with Crippen LogP contribution in [0.2, 0.25) is 0 Å². The lowest BCUT2D eigenvalue weighted by atomic mass is 9.96. The van der Waals surface area contributed by atoms with E-state index in [1.54, 1.807) is 11.8 Å². The van der Waals surface area contributed by atoms with Crippen molar-refractivity contribution in [2.75, 3.05) is 19.3 Å². The first-order chi connectivity index (χ1) is 9.85. The molecule has 0 spiro atoms. The van der Waals surface area contributed by atoms with Crippen molar-refractivity contribution >= 4 is 11.8 Å². The molecule has 0 aromatic carbocycles. The summed E-state index contributed by atoms with van der Waals surface area (Å²) in [6, 6.07) is 0. The Morgan fingerprint density at radius 3 is 2.60 bits per heavy atom. The highest BCUT2D eigenvalue weighted by Crippen LogP contribution is 2.26. The van der Waals surface area contributed by atoms with Gasteiger partial charge in [0.25, 0.3) is 0 Å². The molecule has 6 heteroatoms. The molecule has 2 aromatic heterocycles. The van der Waals surface area contributed by atoms with E-state index in [4.69, 9.17) is 0 Å². The third-order valence-corrected chi connectivity index (χ3v) is 4.34. The Morgan fingerprint density at radius 2 is 2.00 bits per heavy atom. The lowest BCUT2D eigenvalue weighted by Crippen LogP contribution is -2.32. The number of likely N-dealkylation sites (tertiary alicyclic amines) is 1. The van der Waals surface area contributed by atoms with Gasteiger partial charge in [0.05, 0.1) is 0 Å². The topological polar surface area (TPSA) is 57.7 Å². The molecular weight excluding hydrogens is 270 g/mol. The fraction of sp³-hybridized carbons (Fsp3) is 0.500. The molecule has 1 aliphatic rings. The van der Waals surface area contributed by atoms with Crippen molar-refractivity contribution in [1.82, 2.24) is 24.8 Å². The van der Waals surface area contributed by atoms with E-state index in [0.29, 0.717) is 5.92 Å². The van der Waals surface area contributed by atoms with E-state index in [2.05, 4.69) is 24.8 Å². The normalized spacial score (nSPS) is 17.4. The van der Waals surface area contributed by atoms with E-state index >= 15 is 0 Å². The van der Waals surface area contributed by atoms with Crippen LogP contribution >= 0.6 is 11.8 Å². The zero-order valence-electron chi connectivity index (χ0n) is 11.6. The van der Waals surface area contributed by atoms with Crippen LogP contribution in [0.25, 0.3) is 0 Å². The highest BCUT2D eigenvalue weighted by molar-refractivity contribution is 7.98. The number of hydrogen-bond donors (Lipinski definition) is 1. The van der Waals surface area contributed by atoms with Gasteiger partial charge in [-0.1, -0.05) is 11.8 Å². The average Bonchev–Trinajstić information content (AvgIpc) is 3.03. The average molecular weight is 289 g/mol. The van der Waals surface area contributed by atoms with Crippen molar-refractivity contribution in [2.45, 2.75) is 30.5 Å². The van der Waals surface area contributed by atoms with Crippen LogP contribution in [-0.2, 0) is 6.54 Å². The summed E-state index contributed by atoms with van der Waals surface area (Å²) < 4.78 is 0. The summed E-state index contributed by atoms with van der Waals surface area (Å²) >= 11 is 1.58. The number of piperidine rings is 1. The van der Waals surface area contributed by atoms with Crippen molar-refractivity contribution in [3.05, 3.63) is 36.2 Å². The van der Waals surface area contributed by atoms with Crippen LogP contribution in [0.4, 0.5) is 0 Å². The van der Waals surface area contributed by atoms with Gasteiger partial charge in [0.2, 0.25) is 0 Å². The summed E-state index contributed by atoms with van der Waals surface area (Å²) in [4.78, 5) is 18.7. The van der Waals surface area contributed by atoms with Gasteiger partial charge in [-0.3, -0.25) is 4.90 Å². The Bertz CT molecular complexity index is 517. The number of H-pyrrole nitrogens is 1. The second-order valence-electron chi connectivity index (χ2n) is 5.10. The van der Waals surface area contributed by atoms with E-state index in [1.807, 2.05) is 31.0 Å². The van der Waals surface area contributed by atoms with Crippen LogP contribution in [0.1, 0.15) is 30.1 Å². The molecule has 2 aromatic rings. The van der Waals surface area contributed by atoms with Crippen molar-refractivity contribution < 1.29 is 0 Å². The first-order valence-electron chi connectivity index (χ1n) is 6.91. The molecule has 0 saturated carbocycles. The fourth-order valence-corrected chi connectivity index (χ4v) is 2.97. The fourth-order valence-electron chi connectivity index (χ4n) is 2.65. The zero-order valence-corrected chi connectivity index (χ0v) is 12.4. The molecule has 3 rings (SSSR count). The minimum absolute atomic E-state index is 0.580. The molecule has 1 aliphatic heterocycles. The maximum absolute atomic E-state index is 4.37. The molecule has 0 aliphatic carbocycles. The summed E-state index contributed by atoms with van der Waals surface area (Å²) in [5, 5.41) is 0.838. The minimum Gasteiger partial charge on any atom is -0.348 e. The van der Waals surface area contributed by atoms with Gasteiger partial charge >= 0.3 is 0 Å². The maximum atomic E-state index is 4.37. The van der Waals surface area contributed by atoms with Crippen LogP contribution < -0.4 is 0 Å². The van der Waals surface area contributed by atoms with Crippen LogP contribution in [0, 0.1) is 0 Å². The molecule has 0 unspecified atom stereocenters. The molecule has 0 radical (unpaired) electrons. The van der Waals surface area contributed by atoms with Gasteiger partial charge in [0.15, 0.2) is 5.16 Å². The number of aromatic amines is 1. The van der Waals surface area contributed by atoms with Crippen LogP contribution in [0.15, 0.2) is 29.9 Å². The van der Waals surface area contributed by atoms with E-state index in [0.717, 1.165) is 43.5 Å². The van der Waals surface area contributed by atoms with Gasteiger partial charge < -0.3 is 4.98 Å². The molecular formula is C14H19N5S. The van der Waals surface area contributed by atoms with Crippen molar-refractivity contribution in [1.29, 1.82) is 0 Å². The predicted octanol–water partition coefficient (Wildman–Crippen LogP) is 2.30. The summed E-state index contributed by atoms with van der Waals surface area (Å²) in [5.74, 6) is 1.72. The van der Waals surface area contributed by atoms with Crippen LogP contribution in [0.3, 0.4) is 0 Å². The number of aromatic nitrogens is 4. The monoisotopic (exact) mass is 289 g/mol. The third-order valence-electron chi connectivity index (χ3n) is 3.76. The Labute approximate surface area is 123 Å². The molecule has 3 heterocycles. The molecule has 1 saturated heterocycles. The standard InChI is InChI=1S/C14H19N5S/c1-20-14-17-8-11(9-18-14)10-19-6-2-12(3-7-19)13-15-4-5-16-13/h4-5,8-9,12H,2-3,6-7,10H2,1H3,(H,15,16). The quantitative estimate of drug-likeness (QED) is 0.691. The number of nitrogens with one attached hydrogen (secondary N) is 1. The van der Waals surface area contributed by atoms with Crippen LogP contribution in [-0.4, -0.2) is 44.2 Å². The van der Waals surface area contributed by atoms with Gasteiger partial charge in [-0.25, -0.2) is 15.0 Å². The van der Waals surface area contributed by atoms with Gasteiger partial charge in [0, 0.05) is 42.8 Å². The number of hydrogen-bond acceptors (Lipinski definition) is 5. The third kappa shape index (κ3) is 3.19. The first kappa shape index (κ1) is 13.6. The van der Waals surface area contributed by atoms with E-state index in [1.165, 1.54) is 5.56 Å². The summed E-state index contributed by atoms with van der Waals surface area (Å²) in [7, 11) is 0. The van der Waals surface area contributed by atoms with Crippen molar-refractivity contribution in [2.24, 2.45) is 0 Å². The minimum atomic E-state index is 0.580. The van der Waals surface area contributed by atoms with Gasteiger partial charge in [-0.2, -0.15) is 0 Å². The molecule has 106 valence electrons. The summed E-state index contributed by atoms with van der Waals surface area (Å²) in [6.45, 7) is 3.16. The largest absolute Gasteiger partial charge is 0.348 e. The summed E-state index contributed by atoms with van der Waals surface area (Å²) in [6.07, 6.45) is 12.0. The molecule has 1 N–H and O–H groups in total. The van der Waals surface area contributed by atoms with Gasteiger partial charge in [-0.15, -0.1) is 0 Å². The zero-order chi connectivity index (χ0) is 13.8. The number of nitrogens with zero attached hydrogens (tertiary/aromatic N) is 4. The number of rotatable bonds is 4. The highest BCUT2D eigenvalue weighted by Gasteiger charge is 2.22. The van der Waals surface area contributed by atoms with E-state index in [9.17, 15) is 0 Å². The molecule has 0 bridgehead atoms. The highest BCUT2D eigenvalue weighted by atomic mass is 32.2. The lowest BCUT2D eigenvalue weighted by Gasteiger charge is -2.30. The molecule has 1 fully saturated rings. The predicted molar refractivity (Wildman–Crippen MR) is 79.7 cm³/mol. The number of imidazole rings is 1. The Balaban J connectivity index is 1.53. The summed E-state index contributed by atoms with van der Waals surface area (Å²) in [5.41, 5.74) is 1.19. The second kappa shape index (κ2) is 6.37. The Kier molecular flexibility index (Phi) is 4.32. The molecule has 20 heavy (non-hydrogen) atoms. The number of thioether (sulfide) groups is 1. The SMILES string of the molecule is CSc1ncc(CN2CCC(c3ncc[nH]3)CC2)cn1. The van der Waals surface area contributed by atoms with Crippen LogP contribution in [0.5, 0.6) is 0 Å². The van der Waals surface area contributed by atoms with E-state index in [-0.39, 0.29) is 0 Å². The van der Waals surface area contributed by atoms with Crippen molar-refractivity contribution in [3.63, 3.8) is 0 Å².